The van der Waals surface area contributed by atoms with Crippen LogP contribution in [0.1, 0.15) is 12.8 Å². The number of rotatable bonds is 3. The minimum atomic E-state index is -2.54. The zero-order valence-corrected chi connectivity index (χ0v) is 4.41. The van der Waals surface area contributed by atoms with Gasteiger partial charge in [-0.3, -0.25) is 0 Å². The SMILES string of the molecule is [CH2]C[C@H](F)CC(F)F. The number of halogens is 3. The van der Waals surface area contributed by atoms with Crippen molar-refractivity contribution >= 4 is 0 Å². The van der Waals surface area contributed by atoms with Crippen molar-refractivity contribution in [2.24, 2.45) is 0 Å². The molecule has 0 N–H and O–H groups in total. The molecule has 0 spiro atoms. The van der Waals surface area contributed by atoms with E-state index in [1.807, 2.05) is 0 Å². The Morgan fingerprint density at radius 3 is 1.88 bits per heavy atom. The van der Waals surface area contributed by atoms with Crippen molar-refractivity contribution in [2.75, 3.05) is 0 Å². The van der Waals surface area contributed by atoms with Gasteiger partial charge < -0.3 is 0 Å². The van der Waals surface area contributed by atoms with Gasteiger partial charge >= 0.3 is 0 Å². The molecule has 0 nitrogen and oxygen atoms in total. The molecule has 0 amide bonds. The van der Waals surface area contributed by atoms with Gasteiger partial charge in [0, 0.05) is 6.42 Å². The summed E-state index contributed by atoms with van der Waals surface area (Å²) in [4.78, 5) is 0. The van der Waals surface area contributed by atoms with Gasteiger partial charge in [-0.05, 0) is 6.42 Å². The summed E-state index contributed by atoms with van der Waals surface area (Å²) in [5.74, 6) is 0. The first kappa shape index (κ1) is 7.79. The first-order valence-electron chi connectivity index (χ1n) is 2.38. The molecular formula is C5H8F3. The van der Waals surface area contributed by atoms with Crippen LogP contribution in [-0.2, 0) is 0 Å². The average Bonchev–Trinajstić information content (AvgIpc) is 1.65. The topological polar surface area (TPSA) is 0 Å². The van der Waals surface area contributed by atoms with Crippen molar-refractivity contribution in [3.05, 3.63) is 6.92 Å². The number of hydrogen-bond acceptors (Lipinski definition) is 0. The first-order chi connectivity index (χ1) is 3.66. The second-order valence-electron chi connectivity index (χ2n) is 1.51. The zero-order chi connectivity index (χ0) is 6.57. The summed E-state index contributed by atoms with van der Waals surface area (Å²) in [7, 11) is 0. The summed E-state index contributed by atoms with van der Waals surface area (Å²) < 4.78 is 34.2. The van der Waals surface area contributed by atoms with E-state index in [1.54, 1.807) is 0 Å². The van der Waals surface area contributed by atoms with Crippen molar-refractivity contribution in [1.82, 2.24) is 0 Å². The van der Waals surface area contributed by atoms with Crippen LogP contribution >= 0.6 is 0 Å². The Morgan fingerprint density at radius 1 is 1.25 bits per heavy atom. The van der Waals surface area contributed by atoms with Crippen LogP contribution in [0.3, 0.4) is 0 Å². The molecule has 0 aromatic heterocycles. The molecule has 0 heterocycles. The lowest BCUT2D eigenvalue weighted by atomic mass is 10.2. The Bertz CT molecular complexity index is 53.6. The molecule has 49 valence electrons. The molecule has 0 aliphatic rings. The highest BCUT2D eigenvalue weighted by molar-refractivity contribution is 4.57. The monoisotopic (exact) mass is 125 g/mol. The van der Waals surface area contributed by atoms with Crippen LogP contribution in [-0.4, -0.2) is 12.6 Å². The second kappa shape index (κ2) is 3.75. The lowest BCUT2D eigenvalue weighted by molar-refractivity contribution is 0.101. The van der Waals surface area contributed by atoms with Crippen LogP contribution in [0.15, 0.2) is 0 Å². The third kappa shape index (κ3) is 3.96. The smallest absolute Gasteiger partial charge is 0.241 e. The molecule has 0 aliphatic heterocycles. The van der Waals surface area contributed by atoms with Gasteiger partial charge in [0.05, 0.1) is 0 Å². The van der Waals surface area contributed by atoms with Gasteiger partial charge in [0.2, 0.25) is 6.43 Å². The Morgan fingerprint density at radius 2 is 1.75 bits per heavy atom. The molecule has 0 saturated heterocycles. The minimum absolute atomic E-state index is 0.0651. The Kier molecular flexibility index (Phi) is 3.65. The first-order valence-corrected chi connectivity index (χ1v) is 2.38. The lowest BCUT2D eigenvalue weighted by Gasteiger charge is -2.00. The van der Waals surface area contributed by atoms with Gasteiger partial charge in [-0.15, -0.1) is 0 Å². The molecule has 0 aromatic carbocycles. The van der Waals surface area contributed by atoms with Crippen molar-refractivity contribution in [1.29, 1.82) is 0 Å². The highest BCUT2D eigenvalue weighted by Crippen LogP contribution is 2.09. The van der Waals surface area contributed by atoms with E-state index >= 15 is 0 Å². The summed E-state index contributed by atoms with van der Waals surface area (Å²) in [6, 6.07) is 0. The summed E-state index contributed by atoms with van der Waals surface area (Å²) in [5, 5.41) is 0. The van der Waals surface area contributed by atoms with E-state index in [1.165, 1.54) is 0 Å². The largest absolute Gasteiger partial charge is 0.247 e. The van der Waals surface area contributed by atoms with Crippen LogP contribution in [0.4, 0.5) is 13.2 Å². The maximum absolute atomic E-state index is 11.8. The molecule has 3 heteroatoms. The van der Waals surface area contributed by atoms with E-state index in [0.29, 0.717) is 0 Å². The zero-order valence-electron chi connectivity index (χ0n) is 4.41. The normalized spacial score (nSPS) is 14.6. The van der Waals surface area contributed by atoms with Crippen molar-refractivity contribution in [2.45, 2.75) is 25.4 Å². The summed E-state index contributed by atoms with van der Waals surface area (Å²) in [6.07, 6.45) is -4.71. The maximum Gasteiger partial charge on any atom is 0.241 e. The highest BCUT2D eigenvalue weighted by atomic mass is 19.3. The van der Waals surface area contributed by atoms with Crippen LogP contribution in [0.25, 0.3) is 0 Å². The predicted molar refractivity (Wildman–Crippen MR) is 25.5 cm³/mol. The van der Waals surface area contributed by atoms with Gasteiger partial charge in [0.25, 0.3) is 0 Å². The second-order valence-corrected chi connectivity index (χ2v) is 1.51. The molecule has 8 heavy (non-hydrogen) atoms. The van der Waals surface area contributed by atoms with E-state index in [9.17, 15) is 13.2 Å². The predicted octanol–water partition coefficient (Wildman–Crippen LogP) is 2.20. The maximum atomic E-state index is 11.8. The van der Waals surface area contributed by atoms with E-state index in [4.69, 9.17) is 0 Å². The molecule has 0 fully saturated rings. The number of alkyl halides is 3. The van der Waals surface area contributed by atoms with Crippen LogP contribution in [0, 0.1) is 6.92 Å². The molecule has 0 rings (SSSR count). The van der Waals surface area contributed by atoms with Gasteiger partial charge in [0.1, 0.15) is 6.17 Å². The van der Waals surface area contributed by atoms with E-state index in [0.717, 1.165) is 0 Å². The van der Waals surface area contributed by atoms with E-state index < -0.39 is 19.0 Å². The molecule has 1 radical (unpaired) electrons. The van der Waals surface area contributed by atoms with Crippen molar-refractivity contribution in [3.63, 3.8) is 0 Å². The lowest BCUT2D eigenvalue weighted by Crippen LogP contribution is -2.03. The minimum Gasteiger partial charge on any atom is -0.247 e. The quantitative estimate of drug-likeness (QED) is 0.542. The van der Waals surface area contributed by atoms with Crippen molar-refractivity contribution in [3.8, 4) is 0 Å². The van der Waals surface area contributed by atoms with Gasteiger partial charge in [-0.2, -0.15) is 0 Å². The summed E-state index contributed by atoms with van der Waals surface area (Å²) in [5.41, 5.74) is 0. The third-order valence-electron chi connectivity index (χ3n) is 0.747. The molecule has 1 atom stereocenters. The van der Waals surface area contributed by atoms with Crippen LogP contribution < -0.4 is 0 Å². The Labute approximate surface area is 46.7 Å². The third-order valence-corrected chi connectivity index (χ3v) is 0.747. The van der Waals surface area contributed by atoms with Gasteiger partial charge in [0.15, 0.2) is 0 Å². The van der Waals surface area contributed by atoms with E-state index in [-0.39, 0.29) is 6.42 Å². The molecule has 0 aliphatic carbocycles. The number of hydrogen-bond donors (Lipinski definition) is 0. The van der Waals surface area contributed by atoms with Gasteiger partial charge in [-0.25, -0.2) is 13.2 Å². The fraction of sp³-hybridized carbons (Fsp3) is 0.800. The highest BCUT2D eigenvalue weighted by Gasteiger charge is 2.10. The molecule has 0 unspecified atom stereocenters. The molecule has 0 saturated carbocycles. The fourth-order valence-corrected chi connectivity index (χ4v) is 0.311. The standard InChI is InChI=1S/C5H8F3/c1-2-4(6)3-5(7)8/h4-5H,1-3H2/t4-/m0/s1. The van der Waals surface area contributed by atoms with Crippen LogP contribution in [0.5, 0.6) is 0 Å². The molecular weight excluding hydrogens is 117 g/mol. The van der Waals surface area contributed by atoms with Gasteiger partial charge in [-0.1, -0.05) is 6.92 Å². The Hall–Kier alpha value is -0.210. The van der Waals surface area contributed by atoms with Crippen molar-refractivity contribution < 1.29 is 13.2 Å². The fourth-order valence-electron chi connectivity index (χ4n) is 0.311. The van der Waals surface area contributed by atoms with E-state index in [2.05, 4.69) is 6.92 Å². The summed E-state index contributed by atoms with van der Waals surface area (Å²) >= 11 is 0. The molecule has 0 bridgehead atoms. The van der Waals surface area contributed by atoms with Crippen LogP contribution in [0.2, 0.25) is 0 Å². The average molecular weight is 125 g/mol. The Balaban J connectivity index is 3.10. The summed E-state index contributed by atoms with van der Waals surface area (Å²) in [6.45, 7) is 3.13. The molecule has 0 aromatic rings.